The summed E-state index contributed by atoms with van der Waals surface area (Å²) in [6.07, 6.45) is 3.25. The predicted molar refractivity (Wildman–Crippen MR) is 118 cm³/mol. The lowest BCUT2D eigenvalue weighted by atomic mass is 10.1. The first kappa shape index (κ1) is 18.3. The smallest absolute Gasteiger partial charge is 0.264 e. The minimum Gasteiger partial charge on any atom is -0.346 e. The van der Waals surface area contributed by atoms with Gasteiger partial charge < -0.3 is 10.3 Å². The Morgan fingerprint density at radius 2 is 1.93 bits per heavy atom. The third-order valence-electron chi connectivity index (χ3n) is 5.00. The fourth-order valence-corrected chi connectivity index (χ4v) is 3.84. The van der Waals surface area contributed by atoms with Gasteiger partial charge in [0.1, 0.15) is 5.52 Å². The number of pyridine rings is 1. The van der Waals surface area contributed by atoms with E-state index in [2.05, 4.69) is 25.3 Å². The van der Waals surface area contributed by atoms with Crippen LogP contribution in [0, 0.1) is 0 Å². The molecular weight excluding hydrogens is 400 g/mol. The molecule has 0 radical (unpaired) electrons. The van der Waals surface area contributed by atoms with Gasteiger partial charge in [0.05, 0.1) is 29.0 Å². The van der Waals surface area contributed by atoms with Crippen molar-refractivity contribution in [2.75, 3.05) is 5.32 Å². The van der Waals surface area contributed by atoms with Crippen molar-refractivity contribution in [1.29, 1.82) is 0 Å². The standard InChI is InChI=1S/C22H17ClN6O/c1-13(27-22-24-11-17-20(28-22)26-12-25-17)18-10-14-6-5-9-16(23)19(14)21(30)29(18)15-7-3-2-4-8-15/h2-13H,1H3,(H2,24,25,26,27,28). The van der Waals surface area contributed by atoms with Crippen molar-refractivity contribution in [1.82, 2.24) is 24.5 Å². The third-order valence-corrected chi connectivity index (χ3v) is 5.32. The molecule has 8 heteroatoms. The van der Waals surface area contributed by atoms with Crippen molar-refractivity contribution in [3.05, 3.63) is 88.2 Å². The maximum absolute atomic E-state index is 13.5. The van der Waals surface area contributed by atoms with Gasteiger partial charge in [-0.2, -0.15) is 4.98 Å². The number of H-pyrrole nitrogens is 1. The first-order chi connectivity index (χ1) is 14.6. The molecule has 2 N–H and O–H groups in total. The van der Waals surface area contributed by atoms with Gasteiger partial charge in [0.2, 0.25) is 5.95 Å². The maximum Gasteiger partial charge on any atom is 0.264 e. The van der Waals surface area contributed by atoms with E-state index in [1.54, 1.807) is 23.2 Å². The number of aromatic amines is 1. The Bertz CT molecular complexity index is 1430. The van der Waals surface area contributed by atoms with Gasteiger partial charge in [-0.05, 0) is 36.6 Å². The molecule has 2 aromatic carbocycles. The molecular formula is C22H17ClN6O. The van der Waals surface area contributed by atoms with Crippen LogP contribution in [-0.4, -0.2) is 24.5 Å². The zero-order valence-corrected chi connectivity index (χ0v) is 16.8. The van der Waals surface area contributed by atoms with Crippen LogP contribution in [0.2, 0.25) is 5.02 Å². The summed E-state index contributed by atoms with van der Waals surface area (Å²) in [4.78, 5) is 29.4. The fourth-order valence-electron chi connectivity index (χ4n) is 3.57. The number of halogens is 1. The number of para-hydroxylation sites is 1. The van der Waals surface area contributed by atoms with Crippen molar-refractivity contribution in [2.45, 2.75) is 13.0 Å². The second kappa shape index (κ2) is 7.27. The van der Waals surface area contributed by atoms with Gasteiger partial charge in [-0.15, -0.1) is 0 Å². The number of aromatic nitrogens is 5. The predicted octanol–water partition coefficient (Wildman–Crippen LogP) is 4.48. The molecule has 0 amide bonds. The number of imidazole rings is 1. The van der Waals surface area contributed by atoms with Crippen LogP contribution in [-0.2, 0) is 0 Å². The summed E-state index contributed by atoms with van der Waals surface area (Å²) in [6, 6.07) is 16.7. The number of benzene rings is 2. The zero-order chi connectivity index (χ0) is 20.7. The molecule has 0 bridgehead atoms. The molecule has 148 valence electrons. The molecule has 5 aromatic rings. The van der Waals surface area contributed by atoms with Gasteiger partial charge in [0.25, 0.3) is 5.56 Å². The van der Waals surface area contributed by atoms with E-state index in [-0.39, 0.29) is 11.6 Å². The Morgan fingerprint density at radius 1 is 1.10 bits per heavy atom. The first-order valence-electron chi connectivity index (χ1n) is 9.44. The Labute approximate surface area is 176 Å². The van der Waals surface area contributed by atoms with Crippen LogP contribution in [0.5, 0.6) is 0 Å². The number of nitrogens with zero attached hydrogens (tertiary/aromatic N) is 4. The van der Waals surface area contributed by atoms with E-state index in [0.29, 0.717) is 22.0 Å². The highest BCUT2D eigenvalue weighted by Gasteiger charge is 2.18. The Hall–Kier alpha value is -3.71. The number of anilines is 1. The topological polar surface area (TPSA) is 88.5 Å². The van der Waals surface area contributed by atoms with Crippen molar-refractivity contribution in [3.63, 3.8) is 0 Å². The lowest BCUT2D eigenvalue weighted by molar-refractivity contribution is 0.768. The highest BCUT2D eigenvalue weighted by molar-refractivity contribution is 6.35. The highest BCUT2D eigenvalue weighted by Crippen LogP contribution is 2.26. The second-order valence-corrected chi connectivity index (χ2v) is 7.36. The van der Waals surface area contributed by atoms with E-state index in [9.17, 15) is 4.79 Å². The van der Waals surface area contributed by atoms with Crippen LogP contribution in [0.4, 0.5) is 5.95 Å². The monoisotopic (exact) mass is 416 g/mol. The molecule has 7 nitrogen and oxygen atoms in total. The summed E-state index contributed by atoms with van der Waals surface area (Å²) >= 11 is 6.37. The average Bonchev–Trinajstić information content (AvgIpc) is 3.22. The van der Waals surface area contributed by atoms with E-state index in [1.165, 1.54) is 0 Å². The van der Waals surface area contributed by atoms with Crippen molar-refractivity contribution >= 4 is 39.5 Å². The third kappa shape index (κ3) is 3.09. The second-order valence-electron chi connectivity index (χ2n) is 6.95. The minimum absolute atomic E-state index is 0.170. The Kier molecular flexibility index (Phi) is 4.44. The lowest BCUT2D eigenvalue weighted by Crippen LogP contribution is -2.26. The van der Waals surface area contributed by atoms with Gasteiger partial charge in [-0.1, -0.05) is 41.9 Å². The van der Waals surface area contributed by atoms with E-state index in [1.807, 2.05) is 55.5 Å². The molecule has 5 rings (SSSR count). The van der Waals surface area contributed by atoms with Gasteiger partial charge in [0, 0.05) is 11.4 Å². The van der Waals surface area contributed by atoms with Gasteiger partial charge >= 0.3 is 0 Å². The van der Waals surface area contributed by atoms with Crippen molar-refractivity contribution in [3.8, 4) is 5.69 Å². The fraction of sp³-hybridized carbons (Fsp3) is 0.0909. The molecule has 30 heavy (non-hydrogen) atoms. The summed E-state index contributed by atoms with van der Waals surface area (Å²) in [5.41, 5.74) is 2.69. The molecule has 1 unspecified atom stereocenters. The number of nitrogens with one attached hydrogen (secondary N) is 2. The molecule has 0 saturated carbocycles. The summed E-state index contributed by atoms with van der Waals surface area (Å²) in [6.45, 7) is 1.96. The van der Waals surface area contributed by atoms with Crippen LogP contribution in [0.15, 0.2) is 71.9 Å². The van der Waals surface area contributed by atoms with Crippen LogP contribution in [0.25, 0.3) is 27.6 Å². The molecule has 0 aliphatic rings. The van der Waals surface area contributed by atoms with Crippen LogP contribution in [0.3, 0.4) is 0 Å². The van der Waals surface area contributed by atoms with Crippen LogP contribution in [0.1, 0.15) is 18.7 Å². The number of rotatable bonds is 4. The molecule has 0 fully saturated rings. The van der Waals surface area contributed by atoms with Gasteiger partial charge in [-0.3, -0.25) is 9.36 Å². The van der Waals surface area contributed by atoms with Crippen molar-refractivity contribution < 1.29 is 0 Å². The van der Waals surface area contributed by atoms with Crippen LogP contribution >= 0.6 is 11.6 Å². The quantitative estimate of drug-likeness (QED) is 0.451. The van der Waals surface area contributed by atoms with E-state index >= 15 is 0 Å². The molecule has 0 spiro atoms. The summed E-state index contributed by atoms with van der Waals surface area (Å²) in [7, 11) is 0. The molecule has 0 aliphatic carbocycles. The summed E-state index contributed by atoms with van der Waals surface area (Å²) < 4.78 is 1.68. The number of hydrogen-bond donors (Lipinski definition) is 2. The van der Waals surface area contributed by atoms with Crippen LogP contribution < -0.4 is 10.9 Å². The number of fused-ring (bicyclic) bond motifs is 2. The highest BCUT2D eigenvalue weighted by atomic mass is 35.5. The normalized spacial score (nSPS) is 12.3. The summed E-state index contributed by atoms with van der Waals surface area (Å²) in [5, 5.41) is 5.00. The Balaban J connectivity index is 1.67. The van der Waals surface area contributed by atoms with Crippen molar-refractivity contribution in [2.24, 2.45) is 0 Å². The van der Waals surface area contributed by atoms with E-state index < -0.39 is 0 Å². The van der Waals surface area contributed by atoms with Gasteiger partial charge in [-0.25, -0.2) is 9.97 Å². The summed E-state index contributed by atoms with van der Waals surface area (Å²) in [5.74, 6) is 0.431. The van der Waals surface area contributed by atoms with Gasteiger partial charge in [0.15, 0.2) is 5.65 Å². The minimum atomic E-state index is -0.266. The SMILES string of the molecule is CC(Nc1ncc2[nH]cnc2n1)c1cc2cccc(Cl)c2c(=O)n1-c1ccccc1. The molecule has 1 atom stereocenters. The molecule has 0 aliphatic heterocycles. The molecule has 3 heterocycles. The molecule has 0 saturated heterocycles. The molecule has 3 aromatic heterocycles. The largest absolute Gasteiger partial charge is 0.346 e. The zero-order valence-electron chi connectivity index (χ0n) is 16.0. The first-order valence-corrected chi connectivity index (χ1v) is 9.82. The number of hydrogen-bond acceptors (Lipinski definition) is 5. The van der Waals surface area contributed by atoms with E-state index in [0.717, 1.165) is 22.3 Å². The Morgan fingerprint density at radius 3 is 2.77 bits per heavy atom. The van der Waals surface area contributed by atoms with E-state index in [4.69, 9.17) is 11.6 Å². The lowest BCUT2D eigenvalue weighted by Gasteiger charge is -2.21. The maximum atomic E-state index is 13.5. The average molecular weight is 417 g/mol.